The minimum absolute atomic E-state index is 0.0716. The molecule has 0 radical (unpaired) electrons. The fourth-order valence-electron chi connectivity index (χ4n) is 4.13. The maximum Gasteiger partial charge on any atom is 0.261 e. The van der Waals surface area contributed by atoms with Crippen LogP contribution in [-0.4, -0.2) is 33.0 Å². The van der Waals surface area contributed by atoms with E-state index in [1.54, 1.807) is 87.5 Å². The van der Waals surface area contributed by atoms with E-state index in [4.69, 9.17) is 15.2 Å². The standard InChI is InChI=1S/C30H32F2N4O4S/c1-30(2,3)35-41(37,38)24-16-9-7-14-22(24)19-12-10-13-21(17-19)39-28-25(31)27(36(4)5)26(32)29(34-28)40-23-15-8-6-11-20(23)18-33/h6-17,35H,18,33H2,1-5H3. The highest BCUT2D eigenvalue weighted by Gasteiger charge is 2.27. The van der Waals surface area contributed by atoms with Crippen molar-refractivity contribution in [3.05, 3.63) is 90.0 Å². The summed E-state index contributed by atoms with van der Waals surface area (Å²) in [7, 11) is -0.915. The number of nitrogens with one attached hydrogen (secondary N) is 1. The molecule has 0 atom stereocenters. The molecule has 1 aromatic heterocycles. The first kappa shape index (κ1) is 29.9. The van der Waals surface area contributed by atoms with Gasteiger partial charge in [-0.25, -0.2) is 13.1 Å². The summed E-state index contributed by atoms with van der Waals surface area (Å²) in [5.41, 5.74) is 6.20. The Hall–Kier alpha value is -4.06. The molecule has 0 spiro atoms. The van der Waals surface area contributed by atoms with Gasteiger partial charge < -0.3 is 20.1 Å². The third-order valence-corrected chi connectivity index (χ3v) is 7.63. The van der Waals surface area contributed by atoms with E-state index >= 15 is 8.78 Å². The molecule has 0 saturated heterocycles. The van der Waals surface area contributed by atoms with Crippen molar-refractivity contribution in [3.63, 3.8) is 0 Å². The second-order valence-corrected chi connectivity index (χ2v) is 12.1. The predicted molar refractivity (Wildman–Crippen MR) is 155 cm³/mol. The summed E-state index contributed by atoms with van der Waals surface area (Å²) in [4.78, 5) is 5.33. The number of hydrogen-bond acceptors (Lipinski definition) is 7. The number of pyridine rings is 1. The third-order valence-electron chi connectivity index (χ3n) is 5.82. The number of aromatic nitrogens is 1. The highest BCUT2D eigenvalue weighted by atomic mass is 32.2. The number of nitrogens with two attached hydrogens (primary N) is 1. The Morgan fingerprint density at radius 3 is 2.20 bits per heavy atom. The Balaban J connectivity index is 1.76. The molecule has 1 heterocycles. The molecule has 216 valence electrons. The smallest absolute Gasteiger partial charge is 0.261 e. The number of anilines is 1. The first-order chi connectivity index (χ1) is 19.3. The van der Waals surface area contributed by atoms with Crippen LogP contribution in [-0.2, 0) is 16.6 Å². The zero-order valence-electron chi connectivity index (χ0n) is 23.4. The quantitative estimate of drug-likeness (QED) is 0.242. The van der Waals surface area contributed by atoms with Crippen molar-refractivity contribution >= 4 is 15.7 Å². The highest BCUT2D eigenvalue weighted by molar-refractivity contribution is 7.89. The van der Waals surface area contributed by atoms with Gasteiger partial charge in [0.25, 0.3) is 11.8 Å². The van der Waals surface area contributed by atoms with Crippen LogP contribution in [0.25, 0.3) is 11.1 Å². The maximum atomic E-state index is 15.5. The van der Waals surface area contributed by atoms with E-state index in [1.165, 1.54) is 25.1 Å². The largest absolute Gasteiger partial charge is 0.436 e. The average Bonchev–Trinajstić information content (AvgIpc) is 2.90. The second kappa shape index (κ2) is 11.8. The van der Waals surface area contributed by atoms with Crippen LogP contribution in [0, 0.1) is 11.6 Å². The number of ether oxygens (including phenoxy) is 2. The molecule has 0 aliphatic carbocycles. The number of halogens is 2. The summed E-state index contributed by atoms with van der Waals surface area (Å²) in [5, 5.41) is 0. The van der Waals surface area contributed by atoms with Gasteiger partial charge in [0.05, 0.1) is 4.90 Å². The molecule has 3 aromatic carbocycles. The number of rotatable bonds is 9. The van der Waals surface area contributed by atoms with Crippen molar-refractivity contribution < 1.29 is 26.7 Å². The maximum absolute atomic E-state index is 15.5. The van der Waals surface area contributed by atoms with Crippen LogP contribution < -0.4 is 24.8 Å². The van der Waals surface area contributed by atoms with Crippen molar-refractivity contribution in [2.24, 2.45) is 5.73 Å². The molecule has 3 N–H and O–H groups in total. The molecule has 0 fully saturated rings. The predicted octanol–water partition coefficient (Wildman–Crippen LogP) is 6.21. The summed E-state index contributed by atoms with van der Waals surface area (Å²) < 4.78 is 71.4. The van der Waals surface area contributed by atoms with Crippen LogP contribution in [0.3, 0.4) is 0 Å². The molecule has 4 rings (SSSR count). The number of sulfonamides is 1. The monoisotopic (exact) mass is 582 g/mol. The van der Waals surface area contributed by atoms with Crippen LogP contribution >= 0.6 is 0 Å². The lowest BCUT2D eigenvalue weighted by atomic mass is 10.1. The number of para-hydroxylation sites is 1. The number of hydrogen-bond donors (Lipinski definition) is 2. The Bertz CT molecular complexity index is 1670. The van der Waals surface area contributed by atoms with Gasteiger partial charge in [-0.15, -0.1) is 0 Å². The van der Waals surface area contributed by atoms with Crippen molar-refractivity contribution in [2.45, 2.75) is 37.8 Å². The van der Waals surface area contributed by atoms with E-state index in [0.29, 0.717) is 16.7 Å². The van der Waals surface area contributed by atoms with Crippen LogP contribution in [0.1, 0.15) is 26.3 Å². The van der Waals surface area contributed by atoms with E-state index in [1.807, 2.05) is 0 Å². The molecular formula is C30H32F2N4O4S. The molecule has 41 heavy (non-hydrogen) atoms. The molecule has 11 heteroatoms. The van der Waals surface area contributed by atoms with Gasteiger partial charge in [-0.1, -0.05) is 48.5 Å². The average molecular weight is 583 g/mol. The first-order valence-corrected chi connectivity index (χ1v) is 14.2. The summed E-state index contributed by atoms with van der Waals surface area (Å²) in [6.07, 6.45) is 0. The van der Waals surface area contributed by atoms with Crippen molar-refractivity contribution in [1.29, 1.82) is 0 Å². The van der Waals surface area contributed by atoms with Gasteiger partial charge in [0.1, 0.15) is 17.2 Å². The molecule has 0 bridgehead atoms. The van der Waals surface area contributed by atoms with E-state index in [2.05, 4.69) is 9.71 Å². The topological polar surface area (TPSA) is 107 Å². The summed E-state index contributed by atoms with van der Waals surface area (Å²) in [6, 6.07) is 19.7. The second-order valence-electron chi connectivity index (χ2n) is 10.5. The van der Waals surface area contributed by atoms with Crippen molar-refractivity contribution in [3.8, 4) is 34.4 Å². The molecular weight excluding hydrogens is 550 g/mol. The van der Waals surface area contributed by atoms with E-state index in [0.717, 1.165) is 0 Å². The molecule has 8 nitrogen and oxygen atoms in total. The Morgan fingerprint density at radius 2 is 1.54 bits per heavy atom. The molecule has 0 aliphatic rings. The van der Waals surface area contributed by atoms with Crippen LogP contribution in [0.2, 0.25) is 0 Å². The van der Waals surface area contributed by atoms with Crippen LogP contribution in [0.15, 0.2) is 77.7 Å². The van der Waals surface area contributed by atoms with Crippen LogP contribution in [0.4, 0.5) is 14.5 Å². The fraction of sp³-hybridized carbons (Fsp3) is 0.233. The van der Waals surface area contributed by atoms with Crippen molar-refractivity contribution in [2.75, 3.05) is 19.0 Å². The third kappa shape index (κ3) is 6.82. The van der Waals surface area contributed by atoms with Gasteiger partial charge in [0.2, 0.25) is 21.7 Å². The molecule has 0 aliphatic heterocycles. The normalized spacial score (nSPS) is 11.8. The number of benzene rings is 3. The molecule has 0 unspecified atom stereocenters. The molecule has 0 saturated carbocycles. The lowest BCUT2D eigenvalue weighted by molar-refractivity contribution is 0.376. The summed E-state index contributed by atoms with van der Waals surface area (Å²) >= 11 is 0. The SMILES string of the molecule is CN(C)c1c(F)c(Oc2cccc(-c3ccccc3S(=O)(=O)NC(C)(C)C)c2)nc(Oc2ccccc2CN)c1F. The minimum atomic E-state index is -3.87. The van der Waals surface area contributed by atoms with Gasteiger partial charge in [0.15, 0.2) is 0 Å². The first-order valence-electron chi connectivity index (χ1n) is 12.7. The van der Waals surface area contributed by atoms with E-state index in [-0.39, 0.29) is 22.9 Å². The van der Waals surface area contributed by atoms with Gasteiger partial charge in [-0.05, 0) is 50.6 Å². The van der Waals surface area contributed by atoms with Gasteiger partial charge in [-0.3, -0.25) is 0 Å². The fourth-order valence-corrected chi connectivity index (χ4v) is 5.78. The highest BCUT2D eigenvalue weighted by Crippen LogP contribution is 2.39. The van der Waals surface area contributed by atoms with Crippen molar-refractivity contribution in [1.82, 2.24) is 9.71 Å². The number of nitrogens with zero attached hydrogens (tertiary/aromatic N) is 2. The Morgan fingerprint density at radius 1 is 0.902 bits per heavy atom. The lowest BCUT2D eigenvalue weighted by Crippen LogP contribution is -2.40. The summed E-state index contributed by atoms with van der Waals surface area (Å²) in [6.45, 7) is 5.39. The Labute approximate surface area is 238 Å². The lowest BCUT2D eigenvalue weighted by Gasteiger charge is -2.22. The van der Waals surface area contributed by atoms with E-state index < -0.39 is 44.6 Å². The zero-order valence-corrected chi connectivity index (χ0v) is 24.2. The van der Waals surface area contributed by atoms with Gasteiger partial charge >= 0.3 is 0 Å². The van der Waals surface area contributed by atoms with Gasteiger partial charge in [-0.2, -0.15) is 13.8 Å². The van der Waals surface area contributed by atoms with Crippen LogP contribution in [0.5, 0.6) is 23.3 Å². The van der Waals surface area contributed by atoms with E-state index in [9.17, 15) is 8.42 Å². The molecule has 4 aromatic rings. The summed E-state index contributed by atoms with van der Waals surface area (Å²) in [5.74, 6) is -2.64. The Kier molecular flexibility index (Phi) is 8.62. The zero-order chi connectivity index (χ0) is 29.9. The molecule has 0 amide bonds. The minimum Gasteiger partial charge on any atom is -0.436 e. The van der Waals surface area contributed by atoms with Gasteiger partial charge in [0, 0.05) is 37.3 Å².